The minimum atomic E-state index is -5.01. The maximum atomic E-state index is 13.1. The number of aliphatic hydroxyl groups excluding tert-OH is 1. The summed E-state index contributed by atoms with van der Waals surface area (Å²) < 4.78 is 99.4. The fourth-order valence-electron chi connectivity index (χ4n) is 4.21. The first-order chi connectivity index (χ1) is 17.6. The van der Waals surface area contributed by atoms with E-state index >= 15 is 0 Å². The van der Waals surface area contributed by atoms with Gasteiger partial charge in [-0.25, -0.2) is 8.78 Å². The molecule has 0 heterocycles. The number of aliphatic hydroxyl groups is 1. The zero-order valence-electron chi connectivity index (χ0n) is 19.2. The summed E-state index contributed by atoms with van der Waals surface area (Å²) in [7, 11) is 0. The maximum Gasteiger partial charge on any atom is 0.471 e. The van der Waals surface area contributed by atoms with Gasteiger partial charge in [-0.05, 0) is 66.3 Å². The second kappa shape index (κ2) is 11.1. The molecule has 0 saturated carbocycles. The molecule has 0 bridgehead atoms. The number of benzene rings is 2. The first-order valence-electron chi connectivity index (χ1n) is 11.1. The number of amides is 2. The Labute approximate surface area is 210 Å². The summed E-state index contributed by atoms with van der Waals surface area (Å²) in [5.74, 6) is -5.72. The van der Waals surface area contributed by atoms with Crippen molar-refractivity contribution in [3.8, 4) is 0 Å². The van der Waals surface area contributed by atoms with Crippen LogP contribution in [0, 0.1) is 11.6 Å². The van der Waals surface area contributed by atoms with Gasteiger partial charge in [0.05, 0.1) is 18.2 Å². The van der Waals surface area contributed by atoms with Crippen molar-refractivity contribution < 1.29 is 54.6 Å². The normalized spacial score (nSPS) is 20.9. The van der Waals surface area contributed by atoms with Gasteiger partial charge in [0, 0.05) is 12.0 Å². The van der Waals surface area contributed by atoms with Gasteiger partial charge in [0.2, 0.25) is 0 Å². The molecule has 14 heteroatoms. The second-order valence-electron chi connectivity index (χ2n) is 8.61. The highest BCUT2D eigenvalue weighted by Crippen LogP contribution is 2.37. The number of nitrogens with one attached hydrogen (secondary N) is 2. The molecule has 2 aliphatic carbocycles. The van der Waals surface area contributed by atoms with E-state index in [-0.39, 0.29) is 48.2 Å². The summed E-state index contributed by atoms with van der Waals surface area (Å²) in [6.07, 6.45) is -10.5. The molecule has 3 N–H and O–H groups in total. The molecule has 206 valence electrons. The minimum Gasteiger partial charge on any atom is -0.388 e. The number of alkyl halides is 6. The second-order valence-corrected chi connectivity index (χ2v) is 8.61. The fourth-order valence-corrected chi connectivity index (χ4v) is 4.21. The van der Waals surface area contributed by atoms with Crippen molar-refractivity contribution in [3.63, 3.8) is 0 Å². The molecule has 2 aromatic rings. The van der Waals surface area contributed by atoms with Crippen molar-refractivity contribution >= 4 is 17.6 Å². The molecule has 0 aliphatic heterocycles. The third-order valence-corrected chi connectivity index (χ3v) is 5.99. The smallest absolute Gasteiger partial charge is 0.388 e. The molecule has 6 nitrogen and oxygen atoms in total. The molecule has 3 atom stereocenters. The zero-order chi connectivity index (χ0) is 28.4. The van der Waals surface area contributed by atoms with E-state index < -0.39 is 54.0 Å². The Balaban J connectivity index is 0.000000211. The molecule has 2 aromatic carbocycles. The number of halogens is 8. The van der Waals surface area contributed by atoms with Gasteiger partial charge in [-0.2, -0.15) is 26.3 Å². The van der Waals surface area contributed by atoms with E-state index in [4.69, 9.17) is 0 Å². The van der Waals surface area contributed by atoms with E-state index in [1.165, 1.54) is 12.1 Å². The van der Waals surface area contributed by atoms with Gasteiger partial charge >= 0.3 is 24.2 Å². The Morgan fingerprint density at radius 1 is 0.737 bits per heavy atom. The summed E-state index contributed by atoms with van der Waals surface area (Å²) >= 11 is 0. The van der Waals surface area contributed by atoms with Crippen molar-refractivity contribution in [3.05, 3.63) is 70.3 Å². The Morgan fingerprint density at radius 2 is 1.24 bits per heavy atom. The molecule has 0 unspecified atom stereocenters. The van der Waals surface area contributed by atoms with E-state index in [1.807, 2.05) is 5.32 Å². The monoisotopic (exact) mass is 552 g/mol. The molecule has 4 rings (SSSR count). The lowest BCUT2D eigenvalue weighted by Crippen LogP contribution is -2.40. The number of ketones is 1. The van der Waals surface area contributed by atoms with Crippen LogP contribution in [-0.2, 0) is 9.59 Å². The highest BCUT2D eigenvalue weighted by molar-refractivity contribution is 5.99. The average molecular weight is 552 g/mol. The van der Waals surface area contributed by atoms with Gasteiger partial charge in [0.25, 0.3) is 0 Å². The first-order valence-corrected chi connectivity index (χ1v) is 11.1. The van der Waals surface area contributed by atoms with E-state index in [0.29, 0.717) is 5.56 Å². The van der Waals surface area contributed by atoms with Crippen LogP contribution in [0.15, 0.2) is 36.4 Å². The van der Waals surface area contributed by atoms with Crippen LogP contribution in [0.2, 0.25) is 0 Å². The Hall–Kier alpha value is -3.55. The number of carbonyl (C=O) groups excluding carboxylic acids is 3. The lowest BCUT2D eigenvalue weighted by Gasteiger charge is -2.29. The molecule has 38 heavy (non-hydrogen) atoms. The largest absolute Gasteiger partial charge is 0.471 e. The van der Waals surface area contributed by atoms with Crippen LogP contribution in [0.4, 0.5) is 35.1 Å². The summed E-state index contributed by atoms with van der Waals surface area (Å²) in [4.78, 5) is 33.4. The molecule has 0 spiro atoms. The molecule has 2 aliphatic rings. The lowest BCUT2D eigenvalue weighted by molar-refractivity contribution is -0.174. The van der Waals surface area contributed by atoms with E-state index in [1.54, 1.807) is 5.32 Å². The molecule has 0 aromatic heterocycles. The molecule has 0 saturated heterocycles. The van der Waals surface area contributed by atoms with E-state index in [2.05, 4.69) is 0 Å². The van der Waals surface area contributed by atoms with Crippen molar-refractivity contribution in [2.24, 2.45) is 0 Å². The van der Waals surface area contributed by atoms with Crippen LogP contribution in [0.5, 0.6) is 0 Å². The van der Waals surface area contributed by atoms with Gasteiger partial charge in [0.15, 0.2) is 5.78 Å². The predicted octanol–water partition coefficient (Wildman–Crippen LogP) is 4.89. The molecular formula is C24H20F8N2O4. The Kier molecular flexibility index (Phi) is 8.44. The van der Waals surface area contributed by atoms with Gasteiger partial charge in [-0.15, -0.1) is 0 Å². The third kappa shape index (κ3) is 6.85. The fraction of sp³-hybridized carbons (Fsp3) is 0.375. The summed E-state index contributed by atoms with van der Waals surface area (Å²) in [5, 5.41) is 13.3. The maximum absolute atomic E-state index is 13.1. The quantitative estimate of drug-likeness (QED) is 0.463. The van der Waals surface area contributed by atoms with Gasteiger partial charge < -0.3 is 15.7 Å². The number of Topliss-reactive ketones (excluding diaryl/α,β-unsaturated/α-hetero) is 1. The lowest BCUT2D eigenvalue weighted by atomic mass is 9.85. The minimum absolute atomic E-state index is 0.0153. The third-order valence-electron chi connectivity index (χ3n) is 5.99. The predicted molar refractivity (Wildman–Crippen MR) is 114 cm³/mol. The highest BCUT2D eigenvalue weighted by atomic mass is 19.4. The highest BCUT2D eigenvalue weighted by Gasteiger charge is 2.42. The Bertz CT molecular complexity index is 1230. The van der Waals surface area contributed by atoms with Crippen molar-refractivity contribution in [1.29, 1.82) is 0 Å². The van der Waals surface area contributed by atoms with Crippen LogP contribution < -0.4 is 10.6 Å². The van der Waals surface area contributed by atoms with Crippen LogP contribution in [-0.4, -0.2) is 35.1 Å². The van der Waals surface area contributed by atoms with Crippen molar-refractivity contribution in [1.82, 2.24) is 10.6 Å². The van der Waals surface area contributed by atoms with Gasteiger partial charge in [-0.1, -0.05) is 6.07 Å². The van der Waals surface area contributed by atoms with Crippen molar-refractivity contribution in [2.75, 3.05) is 0 Å². The van der Waals surface area contributed by atoms with Gasteiger partial charge in [-0.3, -0.25) is 14.4 Å². The molecular weight excluding hydrogens is 532 g/mol. The standard InChI is InChI=1S/C12H11F4NO2.C12H9F4NO2/c2*13-6-1-2-7-8(5-6)9(3-4-10(7)18)17-11(19)12(14,15)16/h1-2,5,9-10,18H,3-4H2,(H,17,19);1-2,5,9H,3-4H2,(H,17,19)/t9-,10-;9-/m11/s1. The summed E-state index contributed by atoms with van der Waals surface area (Å²) in [6, 6.07) is 4.80. The average Bonchev–Trinajstić information content (AvgIpc) is 2.81. The zero-order valence-corrected chi connectivity index (χ0v) is 19.2. The Morgan fingerprint density at radius 3 is 1.79 bits per heavy atom. The van der Waals surface area contributed by atoms with Crippen LogP contribution in [0.25, 0.3) is 0 Å². The van der Waals surface area contributed by atoms with Crippen LogP contribution in [0.3, 0.4) is 0 Å². The molecule has 2 amide bonds. The van der Waals surface area contributed by atoms with E-state index in [0.717, 1.165) is 24.3 Å². The number of hydrogen-bond acceptors (Lipinski definition) is 4. The number of fused-ring (bicyclic) bond motifs is 2. The van der Waals surface area contributed by atoms with Gasteiger partial charge in [0.1, 0.15) is 11.6 Å². The van der Waals surface area contributed by atoms with Crippen molar-refractivity contribution in [2.45, 2.75) is 56.2 Å². The molecule has 0 fully saturated rings. The number of hydrogen-bond donors (Lipinski definition) is 3. The molecule has 0 radical (unpaired) electrons. The number of rotatable bonds is 2. The number of carbonyl (C=O) groups is 3. The summed E-state index contributed by atoms with van der Waals surface area (Å²) in [5.41, 5.74) is 0.783. The van der Waals surface area contributed by atoms with Crippen LogP contribution in [0.1, 0.15) is 70.9 Å². The van der Waals surface area contributed by atoms with Crippen LogP contribution >= 0.6 is 0 Å². The first kappa shape index (κ1) is 29.0. The summed E-state index contributed by atoms with van der Waals surface area (Å²) in [6.45, 7) is 0. The van der Waals surface area contributed by atoms with E-state index in [9.17, 15) is 54.6 Å². The SMILES string of the molecule is O=C(N[C@@H]1CC[C@@H](O)c2ccc(F)cc21)C(F)(F)F.O=C1CC[C@@H](NC(=O)C(F)(F)F)c2cc(F)ccc21. The topological polar surface area (TPSA) is 95.5 Å².